The zero-order valence-electron chi connectivity index (χ0n) is 14.9. The molecule has 10 heteroatoms. The second-order valence-corrected chi connectivity index (χ2v) is 8.84. The van der Waals surface area contributed by atoms with Crippen LogP contribution in [0, 0.1) is 0 Å². The molecule has 0 atom stereocenters. The standard InChI is InChI=1S/C19H14Cl2N4O2S2/c20-13-2-1-11(15(21)8-13)7-14-9-22-19(29-14)23-16(26)3-4-17-24-25-18(27-17)12-5-6-28-10-12/h1-2,5-6,8-10H,3-4,7H2,(H,22,23,26). The van der Waals surface area contributed by atoms with Gasteiger partial charge in [-0.25, -0.2) is 4.98 Å². The number of hydrogen-bond acceptors (Lipinski definition) is 7. The molecule has 1 amide bonds. The van der Waals surface area contributed by atoms with Gasteiger partial charge in [0.15, 0.2) is 5.13 Å². The predicted molar refractivity (Wildman–Crippen MR) is 116 cm³/mol. The van der Waals surface area contributed by atoms with Crippen LogP contribution in [0.25, 0.3) is 11.5 Å². The molecule has 0 fully saturated rings. The van der Waals surface area contributed by atoms with Crippen LogP contribution in [0.5, 0.6) is 0 Å². The fourth-order valence-electron chi connectivity index (χ4n) is 2.56. The molecule has 0 radical (unpaired) electrons. The van der Waals surface area contributed by atoms with Crippen molar-refractivity contribution in [3.05, 3.63) is 67.6 Å². The number of aromatic nitrogens is 3. The first kappa shape index (κ1) is 20.0. The van der Waals surface area contributed by atoms with Crippen molar-refractivity contribution in [3.8, 4) is 11.5 Å². The van der Waals surface area contributed by atoms with Gasteiger partial charge in [-0.3, -0.25) is 4.79 Å². The second-order valence-electron chi connectivity index (χ2n) is 6.11. The molecule has 0 saturated carbocycles. The number of rotatable bonds is 7. The van der Waals surface area contributed by atoms with Crippen molar-refractivity contribution in [2.75, 3.05) is 5.32 Å². The molecule has 0 saturated heterocycles. The summed E-state index contributed by atoms with van der Waals surface area (Å²) in [7, 11) is 0. The number of nitrogens with zero attached hydrogens (tertiary/aromatic N) is 3. The Balaban J connectivity index is 1.30. The Labute approximate surface area is 184 Å². The predicted octanol–water partition coefficient (Wildman–Crippen LogP) is 5.72. The number of hydrogen-bond donors (Lipinski definition) is 1. The first-order valence-corrected chi connectivity index (χ1v) is 11.1. The van der Waals surface area contributed by atoms with E-state index in [9.17, 15) is 4.79 Å². The first-order valence-electron chi connectivity index (χ1n) is 8.60. The maximum atomic E-state index is 12.2. The van der Waals surface area contributed by atoms with Crippen LogP contribution in [-0.2, 0) is 17.6 Å². The zero-order valence-corrected chi connectivity index (χ0v) is 18.0. The van der Waals surface area contributed by atoms with Crippen molar-refractivity contribution < 1.29 is 9.21 Å². The zero-order chi connectivity index (χ0) is 20.2. The maximum absolute atomic E-state index is 12.2. The minimum atomic E-state index is -0.161. The Morgan fingerprint density at radius 1 is 1.21 bits per heavy atom. The number of aryl methyl sites for hydroxylation is 1. The van der Waals surface area contributed by atoms with Crippen LogP contribution in [0.4, 0.5) is 5.13 Å². The third-order valence-electron chi connectivity index (χ3n) is 3.98. The molecular formula is C19H14Cl2N4O2S2. The molecule has 0 aliphatic carbocycles. The highest BCUT2D eigenvalue weighted by Crippen LogP contribution is 2.27. The first-order chi connectivity index (χ1) is 14.1. The van der Waals surface area contributed by atoms with Gasteiger partial charge in [-0.15, -0.1) is 21.5 Å². The van der Waals surface area contributed by atoms with Crippen molar-refractivity contribution in [3.63, 3.8) is 0 Å². The fourth-order valence-corrected chi connectivity index (χ4v) is 4.52. The summed E-state index contributed by atoms with van der Waals surface area (Å²) >= 11 is 15.1. The largest absolute Gasteiger partial charge is 0.421 e. The summed E-state index contributed by atoms with van der Waals surface area (Å²) in [6.07, 6.45) is 2.94. The van der Waals surface area contributed by atoms with Gasteiger partial charge in [0, 0.05) is 51.3 Å². The van der Waals surface area contributed by atoms with Gasteiger partial charge in [-0.05, 0) is 29.1 Å². The van der Waals surface area contributed by atoms with Gasteiger partial charge in [0.2, 0.25) is 17.7 Å². The number of thiazole rings is 1. The number of benzene rings is 1. The lowest BCUT2D eigenvalue weighted by molar-refractivity contribution is -0.116. The van der Waals surface area contributed by atoms with Crippen LogP contribution in [0.3, 0.4) is 0 Å². The van der Waals surface area contributed by atoms with E-state index in [-0.39, 0.29) is 12.3 Å². The number of anilines is 1. The lowest BCUT2D eigenvalue weighted by Crippen LogP contribution is -2.12. The number of carbonyl (C=O) groups is 1. The Kier molecular flexibility index (Phi) is 6.25. The molecule has 0 aliphatic heterocycles. The summed E-state index contributed by atoms with van der Waals surface area (Å²) in [5.74, 6) is 0.733. The van der Waals surface area contributed by atoms with Crippen molar-refractivity contribution in [1.29, 1.82) is 0 Å². The summed E-state index contributed by atoms with van der Waals surface area (Å²) in [5.41, 5.74) is 1.84. The summed E-state index contributed by atoms with van der Waals surface area (Å²) in [6, 6.07) is 7.31. The molecule has 0 aliphatic rings. The number of amides is 1. The van der Waals surface area contributed by atoms with Gasteiger partial charge < -0.3 is 9.73 Å². The smallest absolute Gasteiger partial charge is 0.248 e. The van der Waals surface area contributed by atoms with Crippen LogP contribution in [0.15, 0.2) is 45.6 Å². The van der Waals surface area contributed by atoms with Gasteiger partial charge in [0.25, 0.3) is 0 Å². The highest BCUT2D eigenvalue weighted by atomic mass is 35.5. The molecule has 0 spiro atoms. The topological polar surface area (TPSA) is 80.9 Å². The van der Waals surface area contributed by atoms with Gasteiger partial charge in [0.05, 0.1) is 0 Å². The molecule has 0 unspecified atom stereocenters. The van der Waals surface area contributed by atoms with Gasteiger partial charge >= 0.3 is 0 Å². The normalized spacial score (nSPS) is 11.0. The minimum Gasteiger partial charge on any atom is -0.421 e. The molecule has 0 bridgehead atoms. The minimum absolute atomic E-state index is 0.161. The lowest BCUT2D eigenvalue weighted by atomic mass is 10.1. The molecule has 4 aromatic rings. The molecule has 3 heterocycles. The molecule has 1 aromatic carbocycles. The molecule has 6 nitrogen and oxygen atoms in total. The lowest BCUT2D eigenvalue weighted by Gasteiger charge is -2.02. The number of nitrogens with one attached hydrogen (secondary N) is 1. The van der Waals surface area contributed by atoms with Crippen LogP contribution < -0.4 is 5.32 Å². The Bertz CT molecular complexity index is 1130. The monoisotopic (exact) mass is 464 g/mol. The van der Waals surface area contributed by atoms with Crippen LogP contribution >= 0.6 is 45.9 Å². The van der Waals surface area contributed by atoms with Crippen molar-refractivity contribution in [1.82, 2.24) is 15.2 Å². The van der Waals surface area contributed by atoms with Crippen LogP contribution in [-0.4, -0.2) is 21.1 Å². The molecule has 29 heavy (non-hydrogen) atoms. The van der Waals surface area contributed by atoms with Crippen LogP contribution in [0.2, 0.25) is 10.0 Å². The van der Waals surface area contributed by atoms with Gasteiger partial charge in [-0.2, -0.15) is 11.3 Å². The Morgan fingerprint density at radius 3 is 2.90 bits per heavy atom. The second kappa shape index (κ2) is 9.04. The summed E-state index contributed by atoms with van der Waals surface area (Å²) < 4.78 is 5.59. The Morgan fingerprint density at radius 2 is 2.10 bits per heavy atom. The van der Waals surface area contributed by atoms with Crippen LogP contribution in [0.1, 0.15) is 22.8 Å². The van der Waals surface area contributed by atoms with Crippen molar-refractivity contribution in [2.24, 2.45) is 0 Å². The quantitative estimate of drug-likeness (QED) is 0.377. The third kappa shape index (κ3) is 5.22. The van der Waals surface area contributed by atoms with E-state index < -0.39 is 0 Å². The summed E-state index contributed by atoms with van der Waals surface area (Å²) in [6.45, 7) is 0. The third-order valence-corrected chi connectivity index (χ3v) is 6.16. The number of halogens is 2. The number of carbonyl (C=O) groups excluding carboxylic acids is 1. The van der Waals surface area contributed by atoms with E-state index in [0.29, 0.717) is 39.8 Å². The average molecular weight is 465 g/mol. The van der Waals surface area contributed by atoms with E-state index in [2.05, 4.69) is 20.5 Å². The highest BCUT2D eigenvalue weighted by molar-refractivity contribution is 7.15. The maximum Gasteiger partial charge on any atom is 0.248 e. The summed E-state index contributed by atoms with van der Waals surface area (Å²) in [5, 5.41) is 16.4. The van der Waals surface area contributed by atoms with E-state index in [1.165, 1.54) is 11.3 Å². The van der Waals surface area contributed by atoms with Gasteiger partial charge in [0.1, 0.15) is 0 Å². The van der Waals surface area contributed by atoms with Gasteiger partial charge in [-0.1, -0.05) is 29.3 Å². The van der Waals surface area contributed by atoms with E-state index in [0.717, 1.165) is 16.0 Å². The Hall–Kier alpha value is -2.26. The van der Waals surface area contributed by atoms with E-state index >= 15 is 0 Å². The molecule has 148 valence electrons. The number of thiophene rings is 1. The molecular weight excluding hydrogens is 451 g/mol. The van der Waals surface area contributed by atoms with Crippen molar-refractivity contribution >= 4 is 56.9 Å². The molecule has 3 aromatic heterocycles. The van der Waals surface area contributed by atoms with E-state index in [1.54, 1.807) is 29.7 Å². The van der Waals surface area contributed by atoms with E-state index in [4.69, 9.17) is 27.6 Å². The molecule has 1 N–H and O–H groups in total. The van der Waals surface area contributed by atoms with E-state index in [1.807, 2.05) is 22.9 Å². The average Bonchev–Trinajstić information content (AvgIpc) is 3.44. The fraction of sp³-hybridized carbons (Fsp3) is 0.158. The van der Waals surface area contributed by atoms with Crippen molar-refractivity contribution in [2.45, 2.75) is 19.3 Å². The SMILES string of the molecule is O=C(CCc1nnc(-c2ccsc2)o1)Nc1ncc(Cc2ccc(Cl)cc2Cl)s1. The summed E-state index contributed by atoms with van der Waals surface area (Å²) in [4.78, 5) is 17.5. The molecule has 4 rings (SSSR count). The highest BCUT2D eigenvalue weighted by Gasteiger charge is 2.13.